The molecular weight excluding hydrogens is 409 g/mol. The molecule has 0 spiro atoms. The molecule has 1 amide bonds. The zero-order valence-corrected chi connectivity index (χ0v) is 15.6. The fourth-order valence-electron chi connectivity index (χ4n) is 2.23. The van der Waals surface area contributed by atoms with Crippen LogP contribution in [0.25, 0.3) is 0 Å². The topological polar surface area (TPSA) is 84.5 Å². The maximum atomic E-state index is 13.2. The lowest BCUT2D eigenvalue weighted by Crippen LogP contribution is -2.19. The summed E-state index contributed by atoms with van der Waals surface area (Å²) in [4.78, 5) is 10.2. The van der Waals surface area contributed by atoms with E-state index in [-0.39, 0.29) is 22.1 Å². The Hall–Kier alpha value is -2.46. The molecule has 0 aliphatic carbocycles. The molecule has 2 aromatic rings. The molecule has 0 aromatic heterocycles. The standard InChI is InChI=1S/C16H14ClF3N2O4S/c1-9(23)21-11-4-5-14(26-2)13(8-11)22-27(24,25)15-6-3-10(17)7-12(15)16(18,19)20/h3-8,22H,1-2H3,(H,21,23). The third-order valence-electron chi connectivity index (χ3n) is 3.30. The van der Waals surface area contributed by atoms with Crippen LogP contribution in [0.1, 0.15) is 12.5 Å². The molecule has 0 aliphatic heterocycles. The first kappa shape index (κ1) is 20.8. The molecule has 0 bridgehead atoms. The van der Waals surface area contributed by atoms with Gasteiger partial charge < -0.3 is 10.1 Å². The molecule has 6 nitrogen and oxygen atoms in total. The number of amides is 1. The minimum absolute atomic E-state index is 0.0511. The Morgan fingerprint density at radius 3 is 2.37 bits per heavy atom. The Bertz CT molecular complexity index is 978. The fourth-order valence-corrected chi connectivity index (χ4v) is 3.67. The largest absolute Gasteiger partial charge is 0.495 e. The van der Waals surface area contributed by atoms with Crippen LogP contribution in [0, 0.1) is 0 Å². The van der Waals surface area contributed by atoms with E-state index in [1.54, 1.807) is 0 Å². The smallest absolute Gasteiger partial charge is 0.417 e. The number of benzene rings is 2. The number of anilines is 2. The molecule has 0 heterocycles. The summed E-state index contributed by atoms with van der Waals surface area (Å²) < 4.78 is 71.9. The van der Waals surface area contributed by atoms with Crippen LogP contribution in [0.4, 0.5) is 24.5 Å². The van der Waals surface area contributed by atoms with E-state index < -0.39 is 32.6 Å². The van der Waals surface area contributed by atoms with Gasteiger partial charge in [-0.05, 0) is 36.4 Å². The fraction of sp³-hybridized carbons (Fsp3) is 0.188. The molecule has 11 heteroatoms. The molecule has 2 aromatic carbocycles. The molecule has 0 radical (unpaired) electrons. The third-order valence-corrected chi connectivity index (χ3v) is 4.96. The summed E-state index contributed by atoms with van der Waals surface area (Å²) in [6.07, 6.45) is -4.93. The zero-order chi connectivity index (χ0) is 20.4. The monoisotopic (exact) mass is 422 g/mol. The highest BCUT2D eigenvalue weighted by molar-refractivity contribution is 7.92. The number of hydrogen-bond acceptors (Lipinski definition) is 4. The van der Waals surface area contributed by atoms with Crippen LogP contribution >= 0.6 is 11.6 Å². The highest BCUT2D eigenvalue weighted by atomic mass is 35.5. The van der Waals surface area contributed by atoms with Crippen molar-refractivity contribution >= 4 is 38.9 Å². The van der Waals surface area contributed by atoms with Crippen molar-refractivity contribution in [1.29, 1.82) is 0 Å². The lowest BCUT2D eigenvalue weighted by atomic mass is 10.2. The number of methoxy groups -OCH3 is 1. The summed E-state index contributed by atoms with van der Waals surface area (Å²) >= 11 is 5.57. The van der Waals surface area contributed by atoms with Crippen LogP contribution in [0.5, 0.6) is 5.75 Å². The number of sulfonamides is 1. The van der Waals surface area contributed by atoms with Gasteiger partial charge in [0.25, 0.3) is 10.0 Å². The first-order chi connectivity index (χ1) is 12.4. The molecule has 2 rings (SSSR count). The average Bonchev–Trinajstić information content (AvgIpc) is 2.53. The second kappa shape index (κ2) is 7.65. The molecule has 0 aliphatic rings. The summed E-state index contributed by atoms with van der Waals surface area (Å²) in [5.41, 5.74) is -1.32. The molecular formula is C16H14ClF3N2O4S. The van der Waals surface area contributed by atoms with E-state index in [0.717, 1.165) is 12.1 Å². The summed E-state index contributed by atoms with van der Waals surface area (Å²) in [6, 6.07) is 6.35. The van der Waals surface area contributed by atoms with Gasteiger partial charge in [-0.15, -0.1) is 0 Å². The first-order valence-corrected chi connectivity index (χ1v) is 9.15. The molecule has 0 fully saturated rings. The SMILES string of the molecule is COc1ccc(NC(C)=O)cc1NS(=O)(=O)c1ccc(Cl)cc1C(F)(F)F. The minimum Gasteiger partial charge on any atom is -0.495 e. The predicted octanol–water partition coefficient (Wildman–Crippen LogP) is 4.13. The van der Waals surface area contributed by atoms with Gasteiger partial charge in [0.05, 0.1) is 23.3 Å². The number of alkyl halides is 3. The predicted molar refractivity (Wildman–Crippen MR) is 94.6 cm³/mol. The molecule has 2 N–H and O–H groups in total. The number of nitrogens with one attached hydrogen (secondary N) is 2. The van der Waals surface area contributed by atoms with Gasteiger partial charge in [0.1, 0.15) is 5.75 Å². The van der Waals surface area contributed by atoms with E-state index in [1.807, 2.05) is 0 Å². The Kier molecular flexibility index (Phi) is 5.91. The Balaban J connectivity index is 2.53. The van der Waals surface area contributed by atoms with E-state index in [0.29, 0.717) is 6.07 Å². The van der Waals surface area contributed by atoms with Gasteiger partial charge in [-0.2, -0.15) is 13.2 Å². The molecule has 27 heavy (non-hydrogen) atoms. The maximum Gasteiger partial charge on any atom is 0.417 e. The van der Waals surface area contributed by atoms with Gasteiger partial charge in [0.2, 0.25) is 5.91 Å². The number of carbonyl (C=O) groups is 1. The molecule has 0 saturated carbocycles. The molecule has 0 unspecified atom stereocenters. The van der Waals surface area contributed by atoms with E-state index in [1.165, 1.54) is 32.2 Å². The number of rotatable bonds is 5. The van der Waals surface area contributed by atoms with Crippen molar-refractivity contribution in [3.05, 3.63) is 47.0 Å². The van der Waals surface area contributed by atoms with Crippen LogP contribution in [0.15, 0.2) is 41.3 Å². The Morgan fingerprint density at radius 2 is 1.81 bits per heavy atom. The van der Waals surface area contributed by atoms with Crippen molar-refractivity contribution in [3.63, 3.8) is 0 Å². The van der Waals surface area contributed by atoms with Crippen molar-refractivity contribution in [2.75, 3.05) is 17.1 Å². The number of halogens is 4. The van der Waals surface area contributed by atoms with Crippen LogP contribution in [-0.4, -0.2) is 21.4 Å². The lowest BCUT2D eigenvalue weighted by Gasteiger charge is -2.17. The van der Waals surface area contributed by atoms with E-state index in [2.05, 4.69) is 10.0 Å². The summed E-state index contributed by atoms with van der Waals surface area (Å²) in [6.45, 7) is 1.25. The van der Waals surface area contributed by atoms with Gasteiger partial charge in [0.15, 0.2) is 0 Å². The highest BCUT2D eigenvalue weighted by Crippen LogP contribution is 2.37. The zero-order valence-electron chi connectivity index (χ0n) is 14.0. The van der Waals surface area contributed by atoms with Crippen LogP contribution in [0.2, 0.25) is 5.02 Å². The molecule has 0 saturated heterocycles. The van der Waals surface area contributed by atoms with Gasteiger partial charge in [-0.25, -0.2) is 8.42 Å². The number of ether oxygens (including phenoxy) is 1. The van der Waals surface area contributed by atoms with Crippen molar-refractivity contribution in [2.45, 2.75) is 18.0 Å². The maximum absolute atomic E-state index is 13.2. The third kappa shape index (κ3) is 5.04. The number of carbonyl (C=O) groups excluding carboxylic acids is 1. The van der Waals surface area contributed by atoms with Crippen molar-refractivity contribution < 1.29 is 31.1 Å². The van der Waals surface area contributed by atoms with Crippen LogP contribution in [0.3, 0.4) is 0 Å². The minimum atomic E-state index is -4.93. The van der Waals surface area contributed by atoms with Gasteiger partial charge in [-0.3, -0.25) is 9.52 Å². The molecule has 146 valence electrons. The second-order valence-electron chi connectivity index (χ2n) is 5.34. The summed E-state index contributed by atoms with van der Waals surface area (Å²) in [5, 5.41) is 2.18. The molecule has 0 atom stereocenters. The summed E-state index contributed by atoms with van der Waals surface area (Å²) in [7, 11) is -3.38. The first-order valence-electron chi connectivity index (χ1n) is 7.29. The number of hydrogen-bond donors (Lipinski definition) is 2. The highest BCUT2D eigenvalue weighted by Gasteiger charge is 2.37. The van der Waals surface area contributed by atoms with Crippen molar-refractivity contribution in [2.24, 2.45) is 0 Å². The van der Waals surface area contributed by atoms with Crippen LogP contribution < -0.4 is 14.8 Å². The van der Waals surface area contributed by atoms with Crippen molar-refractivity contribution in [1.82, 2.24) is 0 Å². The van der Waals surface area contributed by atoms with Crippen molar-refractivity contribution in [3.8, 4) is 5.75 Å². The van der Waals surface area contributed by atoms with Crippen LogP contribution in [-0.2, 0) is 21.0 Å². The normalized spacial score (nSPS) is 11.8. The lowest BCUT2D eigenvalue weighted by molar-refractivity contribution is -0.139. The summed E-state index contributed by atoms with van der Waals surface area (Å²) in [5.74, 6) is -0.360. The van der Waals surface area contributed by atoms with Gasteiger partial charge in [-0.1, -0.05) is 11.6 Å². The van der Waals surface area contributed by atoms with Gasteiger partial charge >= 0.3 is 6.18 Å². The average molecular weight is 423 g/mol. The van der Waals surface area contributed by atoms with Gasteiger partial charge in [0, 0.05) is 17.6 Å². The van der Waals surface area contributed by atoms with E-state index in [4.69, 9.17) is 16.3 Å². The second-order valence-corrected chi connectivity index (χ2v) is 7.43. The van der Waals surface area contributed by atoms with E-state index in [9.17, 15) is 26.4 Å². The Labute approximate surface area is 158 Å². The Morgan fingerprint density at radius 1 is 1.15 bits per heavy atom. The quantitative estimate of drug-likeness (QED) is 0.758. The van der Waals surface area contributed by atoms with E-state index >= 15 is 0 Å².